The average molecular weight is 477 g/mol. The number of imidazole rings is 1. The fourth-order valence-electron chi connectivity index (χ4n) is 5.46. The number of aliphatic hydroxyl groups is 1. The Labute approximate surface area is 207 Å². The predicted molar refractivity (Wildman–Crippen MR) is 136 cm³/mol. The maximum Gasteiger partial charge on any atom is 0.291 e. The lowest BCUT2D eigenvalue weighted by atomic mass is 9.74. The zero-order valence-electron chi connectivity index (χ0n) is 21.4. The van der Waals surface area contributed by atoms with Crippen LogP contribution >= 0.6 is 0 Å². The van der Waals surface area contributed by atoms with Crippen LogP contribution in [0.25, 0.3) is 5.57 Å². The van der Waals surface area contributed by atoms with Crippen LogP contribution in [0, 0.1) is 16.7 Å². The Bertz CT molecular complexity index is 1190. The smallest absolute Gasteiger partial charge is 0.291 e. The number of allylic oxidation sites excluding steroid dienone is 2. The number of aromatic nitrogens is 2. The third-order valence-electron chi connectivity index (χ3n) is 7.27. The number of nitrogens with one attached hydrogen (secondary N) is 2. The van der Waals surface area contributed by atoms with Crippen molar-refractivity contribution in [3.63, 3.8) is 0 Å². The van der Waals surface area contributed by atoms with Crippen molar-refractivity contribution in [3.05, 3.63) is 53.1 Å². The molecule has 7 nitrogen and oxygen atoms in total. The van der Waals surface area contributed by atoms with Gasteiger partial charge in [0.15, 0.2) is 5.82 Å². The molecule has 2 aromatic rings. The molecule has 0 spiro atoms. The maximum atomic E-state index is 12.9. The highest BCUT2D eigenvalue weighted by atomic mass is 16.5. The summed E-state index contributed by atoms with van der Waals surface area (Å²) < 4.78 is 6.22. The van der Waals surface area contributed by atoms with E-state index in [-0.39, 0.29) is 41.0 Å². The van der Waals surface area contributed by atoms with E-state index in [1.165, 1.54) is 17.3 Å². The Kier molecular flexibility index (Phi) is 6.65. The van der Waals surface area contributed by atoms with Crippen molar-refractivity contribution in [3.8, 4) is 6.07 Å². The normalized spacial score (nSPS) is 25.4. The van der Waals surface area contributed by atoms with Gasteiger partial charge in [-0.1, -0.05) is 26.0 Å². The molecule has 186 valence electrons. The monoisotopic (exact) mass is 476 g/mol. The number of carbonyl (C=O) groups is 1. The molecule has 7 heteroatoms. The lowest BCUT2D eigenvalue weighted by Gasteiger charge is -2.46. The minimum absolute atomic E-state index is 0.0258. The molecule has 1 amide bonds. The number of anilines is 1. The molecule has 35 heavy (non-hydrogen) atoms. The highest BCUT2D eigenvalue weighted by molar-refractivity contribution is 6.03. The summed E-state index contributed by atoms with van der Waals surface area (Å²) in [7, 11) is 0. The van der Waals surface area contributed by atoms with Crippen LogP contribution in [0.1, 0.15) is 100 Å². The number of H-pyrrole nitrogens is 1. The number of ether oxygens (including phenoxy) is 1. The molecule has 0 saturated carbocycles. The fourth-order valence-corrected chi connectivity index (χ4v) is 5.46. The third-order valence-corrected chi connectivity index (χ3v) is 7.27. The van der Waals surface area contributed by atoms with Gasteiger partial charge in [0.05, 0.1) is 24.0 Å². The Morgan fingerprint density at radius 3 is 2.69 bits per heavy atom. The Hall–Kier alpha value is -2.95. The van der Waals surface area contributed by atoms with Gasteiger partial charge in [-0.05, 0) is 87.5 Å². The first kappa shape index (κ1) is 25.2. The van der Waals surface area contributed by atoms with E-state index in [0.29, 0.717) is 0 Å². The summed E-state index contributed by atoms with van der Waals surface area (Å²) in [6.07, 6.45) is 8.23. The Morgan fingerprint density at radius 2 is 2.06 bits per heavy atom. The van der Waals surface area contributed by atoms with Crippen LogP contribution in [-0.4, -0.2) is 38.8 Å². The Morgan fingerprint density at radius 1 is 1.29 bits per heavy atom. The second-order valence-corrected chi connectivity index (χ2v) is 11.7. The summed E-state index contributed by atoms with van der Waals surface area (Å²) in [6, 6.07) is 8.20. The van der Waals surface area contributed by atoms with Crippen LogP contribution in [0.3, 0.4) is 0 Å². The number of benzene rings is 1. The van der Waals surface area contributed by atoms with Gasteiger partial charge in [0, 0.05) is 11.3 Å². The van der Waals surface area contributed by atoms with Crippen LogP contribution in [-0.2, 0) is 4.74 Å². The van der Waals surface area contributed by atoms with E-state index in [2.05, 4.69) is 61.2 Å². The summed E-state index contributed by atoms with van der Waals surface area (Å²) in [4.78, 5) is 19.7. The van der Waals surface area contributed by atoms with Crippen molar-refractivity contribution in [1.82, 2.24) is 9.97 Å². The fraction of sp³-hybridized carbons (Fsp3) is 0.536. The van der Waals surface area contributed by atoms with Gasteiger partial charge in [-0.25, -0.2) is 4.98 Å². The molecule has 2 aliphatic rings. The first-order valence-electron chi connectivity index (χ1n) is 12.3. The van der Waals surface area contributed by atoms with Gasteiger partial charge >= 0.3 is 0 Å². The average Bonchev–Trinajstić information content (AvgIpc) is 3.28. The number of nitrogens with zero attached hydrogens (tertiary/aromatic N) is 2. The molecule has 4 rings (SSSR count). The van der Waals surface area contributed by atoms with Gasteiger partial charge in [0.2, 0.25) is 0 Å². The number of nitriles is 1. The predicted octanol–water partition coefficient (Wildman–Crippen LogP) is 5.55. The number of hydrogen-bond acceptors (Lipinski definition) is 5. The van der Waals surface area contributed by atoms with Crippen molar-refractivity contribution >= 4 is 17.2 Å². The standard InChI is InChI=1S/C28H36N4O3/c1-26(2)10-8-18(9-11-26)22-12-19(20-13-27(3,4)35-28(5,14-20)17-33)6-7-23(22)32-25(34)24-30-16-21(15-29)31-24/h6-8,12,16,20,33H,9-11,13-14,17H2,1-5H3,(H,30,31)(H,32,34)/t20-,28-/m1/s1. The third kappa shape index (κ3) is 5.66. The Balaban J connectivity index is 1.70. The SMILES string of the molecule is CC1(C)CC=C(c2cc([C@@H]3CC(C)(C)O[C@@](C)(CO)C3)ccc2NC(=O)c2ncc(C#N)[nH]2)CC1. The number of rotatable bonds is 5. The number of aliphatic hydroxyl groups excluding tert-OH is 1. The number of carbonyl (C=O) groups excluding carboxylic acids is 1. The molecular weight excluding hydrogens is 440 g/mol. The second-order valence-electron chi connectivity index (χ2n) is 11.7. The van der Waals surface area contributed by atoms with Crippen LogP contribution < -0.4 is 5.32 Å². The highest BCUT2D eigenvalue weighted by Crippen LogP contribution is 2.46. The van der Waals surface area contributed by atoms with Gasteiger partial charge in [-0.3, -0.25) is 4.79 Å². The van der Waals surface area contributed by atoms with Crippen LogP contribution in [0.5, 0.6) is 0 Å². The molecule has 2 heterocycles. The minimum atomic E-state index is -0.592. The number of amides is 1. The van der Waals surface area contributed by atoms with E-state index >= 15 is 0 Å². The molecule has 1 aromatic carbocycles. The van der Waals surface area contributed by atoms with Gasteiger partial charge in [0.25, 0.3) is 5.91 Å². The van der Waals surface area contributed by atoms with Crippen molar-refractivity contribution in [2.24, 2.45) is 5.41 Å². The molecule has 3 N–H and O–H groups in total. The molecule has 1 saturated heterocycles. The highest BCUT2D eigenvalue weighted by Gasteiger charge is 2.42. The summed E-state index contributed by atoms with van der Waals surface area (Å²) in [5.41, 5.74) is 3.74. The quantitative estimate of drug-likeness (QED) is 0.524. The van der Waals surface area contributed by atoms with Crippen molar-refractivity contribution < 1.29 is 14.6 Å². The van der Waals surface area contributed by atoms with Gasteiger partial charge in [0.1, 0.15) is 11.8 Å². The van der Waals surface area contributed by atoms with E-state index in [9.17, 15) is 9.90 Å². The zero-order chi connectivity index (χ0) is 25.4. The minimum Gasteiger partial charge on any atom is -0.393 e. The van der Waals surface area contributed by atoms with E-state index in [1.807, 2.05) is 19.1 Å². The largest absolute Gasteiger partial charge is 0.393 e. The van der Waals surface area contributed by atoms with Gasteiger partial charge in [-0.15, -0.1) is 0 Å². The topological polar surface area (TPSA) is 111 Å². The lowest BCUT2D eigenvalue weighted by Crippen LogP contribution is -2.48. The molecule has 0 bridgehead atoms. The van der Waals surface area contributed by atoms with Gasteiger partial charge < -0.3 is 20.1 Å². The summed E-state index contributed by atoms with van der Waals surface area (Å²) in [6.45, 7) is 10.7. The molecule has 0 unspecified atom stereocenters. The molecule has 1 fully saturated rings. The number of hydrogen-bond donors (Lipinski definition) is 3. The van der Waals surface area contributed by atoms with Crippen molar-refractivity contribution in [1.29, 1.82) is 5.26 Å². The maximum absolute atomic E-state index is 12.9. The van der Waals surface area contributed by atoms with Crippen molar-refractivity contribution in [2.75, 3.05) is 11.9 Å². The van der Waals surface area contributed by atoms with E-state index < -0.39 is 5.60 Å². The summed E-state index contributed by atoms with van der Waals surface area (Å²) in [5.74, 6) is -0.0409. The zero-order valence-corrected chi connectivity index (χ0v) is 21.4. The molecule has 0 radical (unpaired) electrons. The lowest BCUT2D eigenvalue weighted by molar-refractivity contribution is -0.187. The first-order valence-corrected chi connectivity index (χ1v) is 12.3. The van der Waals surface area contributed by atoms with E-state index in [4.69, 9.17) is 10.00 Å². The van der Waals surface area contributed by atoms with Crippen LogP contribution in [0.4, 0.5) is 5.69 Å². The summed E-state index contributed by atoms with van der Waals surface area (Å²) in [5, 5.41) is 22.1. The summed E-state index contributed by atoms with van der Waals surface area (Å²) >= 11 is 0. The second kappa shape index (κ2) is 9.25. The first-order chi connectivity index (χ1) is 16.4. The van der Waals surface area contributed by atoms with Crippen molar-refractivity contribution in [2.45, 2.75) is 83.8 Å². The molecule has 1 aromatic heterocycles. The van der Waals surface area contributed by atoms with Crippen LogP contribution in [0.2, 0.25) is 0 Å². The van der Waals surface area contributed by atoms with Crippen LogP contribution in [0.15, 0.2) is 30.5 Å². The number of aromatic amines is 1. The van der Waals surface area contributed by atoms with Gasteiger partial charge in [-0.2, -0.15) is 5.26 Å². The molecule has 2 atom stereocenters. The molecular formula is C28H36N4O3. The van der Waals surface area contributed by atoms with E-state index in [1.54, 1.807) is 0 Å². The molecule has 1 aliphatic carbocycles. The molecule has 1 aliphatic heterocycles. The van der Waals surface area contributed by atoms with E-state index in [0.717, 1.165) is 43.4 Å².